The number of aromatic nitrogens is 2. The van der Waals surface area contributed by atoms with Crippen LogP contribution in [-0.4, -0.2) is 54.9 Å². The van der Waals surface area contributed by atoms with Crippen molar-refractivity contribution in [3.05, 3.63) is 30.1 Å². The number of hydrogen-bond acceptors (Lipinski definition) is 7. The topological polar surface area (TPSA) is 94.8 Å². The van der Waals surface area contributed by atoms with Crippen LogP contribution in [0.3, 0.4) is 0 Å². The maximum atomic E-state index is 12.4. The lowest BCUT2D eigenvalue weighted by Crippen LogP contribution is -2.43. The highest BCUT2D eigenvalue weighted by Crippen LogP contribution is 2.33. The number of rotatable bonds is 5. The van der Waals surface area contributed by atoms with Crippen molar-refractivity contribution in [2.45, 2.75) is 24.2 Å². The summed E-state index contributed by atoms with van der Waals surface area (Å²) in [6, 6.07) is 7.25. The smallest absolute Gasteiger partial charge is 0.258 e. The molecule has 1 saturated heterocycles. The van der Waals surface area contributed by atoms with E-state index in [1.54, 1.807) is 19.2 Å². The van der Waals surface area contributed by atoms with Gasteiger partial charge >= 0.3 is 0 Å². The molecule has 0 spiro atoms. The van der Waals surface area contributed by atoms with Crippen LogP contribution in [0.25, 0.3) is 11.5 Å². The molecule has 1 aromatic heterocycles. The molecule has 4 rings (SSSR count). The van der Waals surface area contributed by atoms with E-state index in [1.807, 2.05) is 12.1 Å². The molecule has 2 aromatic rings. The standard InChI is InChI=1S/C16H19N3O5S/c1-22-12-4-2-11(3-5-12)16-17-15(18-24-16)14-10-19(8-9-23-14)25(20,21)13-6-7-13/h2-5,13-14H,6-10H2,1H3/t14-/m0/s1. The van der Waals surface area contributed by atoms with Crippen molar-refractivity contribution in [2.24, 2.45) is 0 Å². The molecule has 1 aromatic carbocycles. The second-order valence-electron chi connectivity index (χ2n) is 6.15. The Kier molecular flexibility index (Phi) is 4.22. The Balaban J connectivity index is 1.51. The number of nitrogens with zero attached hydrogens (tertiary/aromatic N) is 3. The van der Waals surface area contributed by atoms with Crippen molar-refractivity contribution in [3.8, 4) is 17.2 Å². The normalized spacial score (nSPS) is 22.0. The first kappa shape index (κ1) is 16.5. The molecule has 25 heavy (non-hydrogen) atoms. The summed E-state index contributed by atoms with van der Waals surface area (Å²) in [5.41, 5.74) is 0.762. The Hall–Kier alpha value is -1.97. The third-order valence-electron chi connectivity index (χ3n) is 4.40. The Morgan fingerprint density at radius 3 is 2.68 bits per heavy atom. The predicted octanol–water partition coefficient (Wildman–Crippen LogP) is 1.61. The van der Waals surface area contributed by atoms with Crippen LogP contribution in [0.1, 0.15) is 24.8 Å². The van der Waals surface area contributed by atoms with E-state index in [0.29, 0.717) is 24.9 Å². The van der Waals surface area contributed by atoms with Gasteiger partial charge in [0.05, 0.1) is 19.0 Å². The maximum Gasteiger partial charge on any atom is 0.258 e. The molecule has 1 aliphatic heterocycles. The summed E-state index contributed by atoms with van der Waals surface area (Å²) in [4.78, 5) is 4.37. The van der Waals surface area contributed by atoms with Crippen LogP contribution in [0.4, 0.5) is 0 Å². The first-order valence-electron chi connectivity index (χ1n) is 8.16. The van der Waals surface area contributed by atoms with E-state index >= 15 is 0 Å². The molecule has 0 unspecified atom stereocenters. The SMILES string of the molecule is COc1ccc(-c2nc([C@@H]3CN(S(=O)(=O)C4CC4)CCO3)no2)cc1. The number of morpholine rings is 1. The molecule has 9 heteroatoms. The lowest BCUT2D eigenvalue weighted by molar-refractivity contribution is -0.00863. The lowest BCUT2D eigenvalue weighted by atomic mass is 10.2. The van der Waals surface area contributed by atoms with Crippen LogP contribution in [0.5, 0.6) is 5.75 Å². The average Bonchev–Trinajstić information content (AvgIpc) is 3.40. The van der Waals surface area contributed by atoms with E-state index in [-0.39, 0.29) is 11.8 Å². The van der Waals surface area contributed by atoms with Crippen LogP contribution in [0.2, 0.25) is 0 Å². The average molecular weight is 365 g/mol. The van der Waals surface area contributed by atoms with Crippen molar-refractivity contribution >= 4 is 10.0 Å². The monoisotopic (exact) mass is 365 g/mol. The summed E-state index contributed by atoms with van der Waals surface area (Å²) in [6.45, 7) is 0.919. The predicted molar refractivity (Wildman–Crippen MR) is 88.5 cm³/mol. The summed E-state index contributed by atoms with van der Waals surface area (Å²) in [5.74, 6) is 1.46. The zero-order chi connectivity index (χ0) is 17.4. The van der Waals surface area contributed by atoms with Gasteiger partial charge in [0.15, 0.2) is 0 Å². The second kappa shape index (κ2) is 6.40. The van der Waals surface area contributed by atoms with Crippen molar-refractivity contribution in [2.75, 3.05) is 26.8 Å². The molecule has 8 nitrogen and oxygen atoms in total. The van der Waals surface area contributed by atoms with Crippen LogP contribution in [-0.2, 0) is 14.8 Å². The second-order valence-corrected chi connectivity index (χ2v) is 8.36. The Bertz CT molecular complexity index is 845. The highest BCUT2D eigenvalue weighted by atomic mass is 32.2. The molecule has 2 heterocycles. The zero-order valence-electron chi connectivity index (χ0n) is 13.8. The fourth-order valence-electron chi connectivity index (χ4n) is 2.81. The summed E-state index contributed by atoms with van der Waals surface area (Å²) in [5, 5.41) is 3.74. The minimum absolute atomic E-state index is 0.223. The number of methoxy groups -OCH3 is 1. The number of sulfonamides is 1. The minimum Gasteiger partial charge on any atom is -0.497 e. The molecule has 134 valence electrons. The maximum absolute atomic E-state index is 12.4. The summed E-state index contributed by atoms with van der Waals surface area (Å²) in [7, 11) is -1.63. The van der Waals surface area contributed by atoms with Gasteiger partial charge in [-0.15, -0.1) is 0 Å². The van der Waals surface area contributed by atoms with Crippen LogP contribution in [0, 0.1) is 0 Å². The van der Waals surface area contributed by atoms with Crippen LogP contribution >= 0.6 is 0 Å². The molecule has 2 fully saturated rings. The fourth-order valence-corrected chi connectivity index (χ4v) is 4.63. The molecule has 1 atom stereocenters. The van der Waals surface area contributed by atoms with E-state index in [4.69, 9.17) is 14.0 Å². The van der Waals surface area contributed by atoms with Gasteiger partial charge in [-0.25, -0.2) is 8.42 Å². The van der Waals surface area contributed by atoms with E-state index in [9.17, 15) is 8.42 Å². The zero-order valence-corrected chi connectivity index (χ0v) is 14.6. The molecule has 0 amide bonds. The minimum atomic E-state index is -3.23. The molecule has 0 radical (unpaired) electrons. The number of hydrogen-bond donors (Lipinski definition) is 0. The van der Waals surface area contributed by atoms with Gasteiger partial charge in [-0.3, -0.25) is 0 Å². The van der Waals surface area contributed by atoms with Gasteiger partial charge in [0, 0.05) is 18.7 Å². The van der Waals surface area contributed by atoms with E-state index in [2.05, 4.69) is 10.1 Å². The highest BCUT2D eigenvalue weighted by Gasteiger charge is 2.42. The molecule has 1 aliphatic carbocycles. The molecular formula is C16H19N3O5S. The summed E-state index contributed by atoms with van der Waals surface area (Å²) < 4.78 is 42.4. The van der Waals surface area contributed by atoms with Gasteiger partial charge in [-0.2, -0.15) is 9.29 Å². The molecule has 0 bridgehead atoms. The van der Waals surface area contributed by atoms with Crippen LogP contribution < -0.4 is 4.74 Å². The summed E-state index contributed by atoms with van der Waals surface area (Å²) in [6.07, 6.45) is 0.973. The van der Waals surface area contributed by atoms with E-state index in [1.165, 1.54) is 4.31 Å². The van der Waals surface area contributed by atoms with Crippen molar-refractivity contribution < 1.29 is 22.4 Å². The van der Waals surface area contributed by atoms with E-state index in [0.717, 1.165) is 24.2 Å². The quantitative estimate of drug-likeness (QED) is 0.794. The first-order valence-corrected chi connectivity index (χ1v) is 9.67. The lowest BCUT2D eigenvalue weighted by Gasteiger charge is -2.30. The number of benzene rings is 1. The van der Waals surface area contributed by atoms with Gasteiger partial charge < -0.3 is 14.0 Å². The van der Waals surface area contributed by atoms with Gasteiger partial charge in [-0.1, -0.05) is 5.16 Å². The largest absolute Gasteiger partial charge is 0.497 e. The number of ether oxygens (including phenoxy) is 2. The van der Waals surface area contributed by atoms with Crippen molar-refractivity contribution in [3.63, 3.8) is 0 Å². The van der Waals surface area contributed by atoms with E-state index < -0.39 is 16.1 Å². The van der Waals surface area contributed by atoms with Gasteiger partial charge in [0.25, 0.3) is 5.89 Å². The molecule has 2 aliphatic rings. The Labute approximate surface area is 145 Å². The first-order chi connectivity index (χ1) is 12.1. The molecule has 1 saturated carbocycles. The van der Waals surface area contributed by atoms with Crippen molar-refractivity contribution in [1.29, 1.82) is 0 Å². The van der Waals surface area contributed by atoms with Gasteiger partial charge in [0.1, 0.15) is 11.9 Å². The van der Waals surface area contributed by atoms with Gasteiger partial charge in [-0.05, 0) is 37.1 Å². The Morgan fingerprint density at radius 2 is 2.00 bits per heavy atom. The van der Waals surface area contributed by atoms with Crippen molar-refractivity contribution in [1.82, 2.24) is 14.4 Å². The third-order valence-corrected chi connectivity index (χ3v) is 6.77. The Morgan fingerprint density at radius 1 is 1.24 bits per heavy atom. The third kappa shape index (κ3) is 3.26. The summed E-state index contributed by atoms with van der Waals surface area (Å²) >= 11 is 0. The highest BCUT2D eigenvalue weighted by molar-refractivity contribution is 7.90. The van der Waals surface area contributed by atoms with Crippen LogP contribution in [0.15, 0.2) is 28.8 Å². The van der Waals surface area contributed by atoms with Gasteiger partial charge in [0.2, 0.25) is 15.8 Å². The molecule has 0 N–H and O–H groups in total. The molecular weight excluding hydrogens is 346 g/mol. The fraction of sp³-hybridized carbons (Fsp3) is 0.500.